The summed E-state index contributed by atoms with van der Waals surface area (Å²) in [7, 11) is 0. The van der Waals surface area contributed by atoms with Gasteiger partial charge in [0, 0.05) is 12.0 Å². The lowest BCUT2D eigenvalue weighted by molar-refractivity contribution is 0.0139. The Balaban J connectivity index is 2.02. The predicted molar refractivity (Wildman–Crippen MR) is 53.2 cm³/mol. The second kappa shape index (κ2) is 3.25. The summed E-state index contributed by atoms with van der Waals surface area (Å²) < 4.78 is 0. The Labute approximate surface area is 80.5 Å². The summed E-state index contributed by atoms with van der Waals surface area (Å²) in [4.78, 5) is 0. The monoisotopic (exact) mass is 183 g/mol. The van der Waals surface area contributed by atoms with E-state index in [1.165, 1.54) is 19.3 Å². The van der Waals surface area contributed by atoms with Crippen molar-refractivity contribution < 1.29 is 5.11 Å². The summed E-state index contributed by atoms with van der Waals surface area (Å²) in [5.41, 5.74) is 5.91. The van der Waals surface area contributed by atoms with Crippen LogP contribution in [0.4, 0.5) is 0 Å². The molecule has 3 N–H and O–H groups in total. The van der Waals surface area contributed by atoms with Crippen LogP contribution in [0.15, 0.2) is 0 Å². The first-order valence-corrected chi connectivity index (χ1v) is 5.58. The Morgan fingerprint density at radius 1 is 1.46 bits per heavy atom. The lowest BCUT2D eigenvalue weighted by Crippen LogP contribution is -2.41. The summed E-state index contributed by atoms with van der Waals surface area (Å²) in [6, 6.07) is 0. The summed E-state index contributed by atoms with van der Waals surface area (Å²) >= 11 is 0. The van der Waals surface area contributed by atoms with Gasteiger partial charge in [0.1, 0.15) is 0 Å². The van der Waals surface area contributed by atoms with Crippen LogP contribution < -0.4 is 5.73 Å². The van der Waals surface area contributed by atoms with Crippen LogP contribution in [0.2, 0.25) is 0 Å². The first-order chi connectivity index (χ1) is 6.19. The Kier molecular flexibility index (Phi) is 2.37. The van der Waals surface area contributed by atoms with Gasteiger partial charge < -0.3 is 10.8 Å². The van der Waals surface area contributed by atoms with E-state index in [2.05, 4.69) is 6.92 Å². The van der Waals surface area contributed by atoms with Gasteiger partial charge in [0.15, 0.2) is 0 Å². The van der Waals surface area contributed by atoms with Crippen LogP contribution in [0.25, 0.3) is 0 Å². The van der Waals surface area contributed by atoms with Crippen molar-refractivity contribution in [2.75, 3.05) is 6.54 Å². The molecule has 0 amide bonds. The molecule has 2 saturated carbocycles. The smallest absolute Gasteiger partial charge is 0.0639 e. The Bertz CT molecular complexity index is 187. The van der Waals surface area contributed by atoms with E-state index in [0.717, 1.165) is 18.8 Å². The van der Waals surface area contributed by atoms with Crippen molar-refractivity contribution in [3.05, 3.63) is 0 Å². The van der Waals surface area contributed by atoms with Crippen molar-refractivity contribution in [3.63, 3.8) is 0 Å². The molecule has 0 aliphatic heterocycles. The van der Waals surface area contributed by atoms with E-state index in [1.807, 2.05) is 0 Å². The molecule has 2 heteroatoms. The zero-order chi connectivity index (χ0) is 9.47. The number of hydrogen-bond acceptors (Lipinski definition) is 2. The van der Waals surface area contributed by atoms with E-state index < -0.39 is 0 Å². The fourth-order valence-electron chi connectivity index (χ4n) is 2.94. The highest BCUT2D eigenvalue weighted by Gasteiger charge is 2.49. The molecule has 2 rings (SSSR count). The highest BCUT2D eigenvalue weighted by molar-refractivity contribution is 5.00. The molecule has 0 aromatic carbocycles. The second-order valence-corrected chi connectivity index (χ2v) is 5.10. The maximum atomic E-state index is 10.2. The van der Waals surface area contributed by atoms with Crippen molar-refractivity contribution in [2.45, 2.75) is 45.1 Å². The lowest BCUT2D eigenvalue weighted by atomic mass is 9.78. The fraction of sp³-hybridized carbons (Fsp3) is 1.00. The van der Waals surface area contributed by atoms with Crippen molar-refractivity contribution >= 4 is 0 Å². The molecule has 2 nitrogen and oxygen atoms in total. The van der Waals surface area contributed by atoms with Crippen LogP contribution in [0.5, 0.6) is 0 Å². The van der Waals surface area contributed by atoms with E-state index in [1.54, 1.807) is 0 Å². The van der Waals surface area contributed by atoms with Crippen LogP contribution in [-0.2, 0) is 0 Å². The summed E-state index contributed by atoms with van der Waals surface area (Å²) in [6.07, 6.45) is 5.91. The first kappa shape index (κ1) is 9.47. The molecule has 0 aromatic rings. The largest absolute Gasteiger partial charge is 0.392 e. The second-order valence-electron chi connectivity index (χ2n) is 5.10. The average molecular weight is 183 g/mol. The van der Waals surface area contributed by atoms with Gasteiger partial charge in [0.2, 0.25) is 0 Å². The maximum Gasteiger partial charge on any atom is 0.0639 e. The van der Waals surface area contributed by atoms with Gasteiger partial charge >= 0.3 is 0 Å². The first-order valence-electron chi connectivity index (χ1n) is 5.58. The number of aliphatic hydroxyl groups excluding tert-OH is 1. The van der Waals surface area contributed by atoms with Crippen LogP contribution in [0.3, 0.4) is 0 Å². The zero-order valence-corrected chi connectivity index (χ0v) is 8.50. The Morgan fingerprint density at radius 2 is 2.00 bits per heavy atom. The Morgan fingerprint density at radius 3 is 2.38 bits per heavy atom. The van der Waals surface area contributed by atoms with Crippen LogP contribution in [0.1, 0.15) is 39.0 Å². The van der Waals surface area contributed by atoms with E-state index in [0.29, 0.717) is 12.5 Å². The SMILES string of the molecule is CC1CC1C(O)C1(CN)CCCC1. The van der Waals surface area contributed by atoms with E-state index in [9.17, 15) is 5.11 Å². The van der Waals surface area contributed by atoms with Crippen molar-refractivity contribution in [1.29, 1.82) is 0 Å². The summed E-state index contributed by atoms with van der Waals surface area (Å²) in [5, 5.41) is 10.2. The fourth-order valence-corrected chi connectivity index (χ4v) is 2.94. The molecule has 3 atom stereocenters. The molecule has 2 fully saturated rings. The van der Waals surface area contributed by atoms with Gasteiger partial charge in [-0.2, -0.15) is 0 Å². The zero-order valence-electron chi connectivity index (χ0n) is 8.50. The third-order valence-corrected chi connectivity index (χ3v) is 4.21. The number of nitrogens with two attached hydrogens (primary N) is 1. The van der Waals surface area contributed by atoms with E-state index in [-0.39, 0.29) is 11.5 Å². The molecule has 2 aliphatic carbocycles. The van der Waals surface area contributed by atoms with Crippen molar-refractivity contribution in [1.82, 2.24) is 0 Å². The maximum absolute atomic E-state index is 10.2. The van der Waals surface area contributed by atoms with Gasteiger partial charge in [-0.05, 0) is 31.1 Å². The molecule has 0 aromatic heterocycles. The topological polar surface area (TPSA) is 46.2 Å². The summed E-state index contributed by atoms with van der Waals surface area (Å²) in [5.74, 6) is 1.29. The molecular formula is C11H21NO. The third kappa shape index (κ3) is 1.50. The molecule has 0 bridgehead atoms. The molecular weight excluding hydrogens is 162 g/mol. The highest BCUT2D eigenvalue weighted by atomic mass is 16.3. The van der Waals surface area contributed by atoms with Gasteiger partial charge in [0.05, 0.1) is 6.10 Å². The lowest BCUT2D eigenvalue weighted by Gasteiger charge is -2.33. The molecule has 13 heavy (non-hydrogen) atoms. The number of rotatable bonds is 3. The average Bonchev–Trinajstić information content (AvgIpc) is 2.70. The number of aliphatic hydroxyl groups is 1. The minimum atomic E-state index is -0.116. The molecule has 3 unspecified atom stereocenters. The molecule has 76 valence electrons. The minimum absolute atomic E-state index is 0.0927. The van der Waals surface area contributed by atoms with E-state index >= 15 is 0 Å². The number of hydrogen-bond donors (Lipinski definition) is 2. The molecule has 0 radical (unpaired) electrons. The molecule has 2 aliphatic rings. The van der Waals surface area contributed by atoms with Gasteiger partial charge in [-0.15, -0.1) is 0 Å². The van der Waals surface area contributed by atoms with Gasteiger partial charge in [-0.25, -0.2) is 0 Å². The summed E-state index contributed by atoms with van der Waals surface area (Å²) in [6.45, 7) is 2.91. The van der Waals surface area contributed by atoms with Gasteiger partial charge in [-0.3, -0.25) is 0 Å². The van der Waals surface area contributed by atoms with Crippen LogP contribution >= 0.6 is 0 Å². The molecule has 0 heterocycles. The van der Waals surface area contributed by atoms with Gasteiger partial charge in [-0.1, -0.05) is 19.8 Å². The molecule has 0 spiro atoms. The van der Waals surface area contributed by atoms with Crippen LogP contribution in [-0.4, -0.2) is 17.8 Å². The predicted octanol–water partition coefficient (Wildman–Crippen LogP) is 1.52. The van der Waals surface area contributed by atoms with Gasteiger partial charge in [0.25, 0.3) is 0 Å². The quantitative estimate of drug-likeness (QED) is 0.697. The highest BCUT2D eigenvalue weighted by Crippen LogP contribution is 2.51. The normalized spacial score (nSPS) is 39.0. The van der Waals surface area contributed by atoms with Crippen molar-refractivity contribution in [3.8, 4) is 0 Å². The molecule has 0 saturated heterocycles. The minimum Gasteiger partial charge on any atom is -0.392 e. The Hall–Kier alpha value is -0.0800. The standard InChI is InChI=1S/C11H21NO/c1-8-6-9(8)10(13)11(7-12)4-2-3-5-11/h8-10,13H,2-7,12H2,1H3. The van der Waals surface area contributed by atoms with E-state index in [4.69, 9.17) is 5.73 Å². The van der Waals surface area contributed by atoms with Crippen molar-refractivity contribution in [2.24, 2.45) is 23.0 Å². The van der Waals surface area contributed by atoms with Crippen LogP contribution in [0, 0.1) is 17.3 Å². The third-order valence-electron chi connectivity index (χ3n) is 4.21.